The molecule has 1 fully saturated rings. The van der Waals surface area contributed by atoms with Crippen LogP contribution in [-0.2, 0) is 0 Å². The van der Waals surface area contributed by atoms with Gasteiger partial charge in [0.05, 0.1) is 24.4 Å². The number of benzene rings is 3. The Morgan fingerprint density at radius 3 is 2.39 bits per heavy atom. The van der Waals surface area contributed by atoms with E-state index in [2.05, 4.69) is 21.6 Å². The van der Waals surface area contributed by atoms with Crippen molar-refractivity contribution in [2.45, 2.75) is 18.9 Å². The van der Waals surface area contributed by atoms with Gasteiger partial charge in [0.2, 0.25) is 0 Å². The number of nitrogens with one attached hydrogen (secondary N) is 2. The van der Waals surface area contributed by atoms with Gasteiger partial charge in [0, 0.05) is 12.1 Å². The van der Waals surface area contributed by atoms with Crippen LogP contribution in [0.2, 0.25) is 0 Å². The van der Waals surface area contributed by atoms with E-state index in [0.717, 1.165) is 37.2 Å². The van der Waals surface area contributed by atoms with Crippen molar-refractivity contribution in [2.24, 2.45) is 0 Å². The van der Waals surface area contributed by atoms with E-state index in [4.69, 9.17) is 4.74 Å². The number of methoxy groups -OCH3 is 1. The monoisotopic (exact) mass is 443 g/mol. The molecule has 1 saturated heterocycles. The van der Waals surface area contributed by atoms with Gasteiger partial charge in [0.1, 0.15) is 5.75 Å². The Balaban J connectivity index is 1.49. The molecular weight excluding hydrogens is 414 g/mol. The molecule has 6 nitrogen and oxygen atoms in total. The van der Waals surface area contributed by atoms with Crippen molar-refractivity contribution in [3.8, 4) is 5.75 Å². The first kappa shape index (κ1) is 22.6. The largest absolute Gasteiger partial charge is 0.497 e. The number of anilines is 1. The second-order valence-corrected chi connectivity index (χ2v) is 8.11. The molecule has 3 aromatic carbocycles. The van der Waals surface area contributed by atoms with E-state index < -0.39 is 0 Å². The van der Waals surface area contributed by atoms with Crippen molar-refractivity contribution in [3.63, 3.8) is 0 Å². The van der Waals surface area contributed by atoms with Crippen LogP contribution in [0.25, 0.3) is 0 Å². The van der Waals surface area contributed by atoms with Crippen molar-refractivity contribution < 1.29 is 14.3 Å². The van der Waals surface area contributed by atoms with E-state index in [1.807, 2.05) is 36.4 Å². The van der Waals surface area contributed by atoms with Crippen LogP contribution in [-0.4, -0.2) is 43.5 Å². The van der Waals surface area contributed by atoms with E-state index in [1.54, 1.807) is 43.5 Å². The van der Waals surface area contributed by atoms with Crippen molar-refractivity contribution in [2.75, 3.05) is 32.1 Å². The first-order valence-electron chi connectivity index (χ1n) is 11.3. The van der Waals surface area contributed by atoms with Crippen LogP contribution < -0.4 is 15.4 Å². The zero-order valence-corrected chi connectivity index (χ0v) is 18.8. The maximum absolute atomic E-state index is 13.2. The highest BCUT2D eigenvalue weighted by Crippen LogP contribution is 2.27. The smallest absolute Gasteiger partial charge is 0.255 e. The molecule has 0 aliphatic carbocycles. The van der Waals surface area contributed by atoms with E-state index in [1.165, 1.54) is 0 Å². The number of rotatable bonds is 8. The fourth-order valence-electron chi connectivity index (χ4n) is 4.22. The van der Waals surface area contributed by atoms with E-state index in [-0.39, 0.29) is 17.9 Å². The molecule has 2 N–H and O–H groups in total. The molecule has 0 saturated carbocycles. The van der Waals surface area contributed by atoms with Crippen LogP contribution in [0.15, 0.2) is 78.9 Å². The summed E-state index contributed by atoms with van der Waals surface area (Å²) in [4.78, 5) is 28.2. The second kappa shape index (κ2) is 10.8. The Kier molecular flexibility index (Phi) is 7.37. The van der Waals surface area contributed by atoms with Gasteiger partial charge in [0.25, 0.3) is 11.8 Å². The Morgan fingerprint density at radius 1 is 0.909 bits per heavy atom. The van der Waals surface area contributed by atoms with E-state index in [0.29, 0.717) is 23.4 Å². The molecule has 1 unspecified atom stereocenters. The molecule has 170 valence electrons. The minimum absolute atomic E-state index is 0.0534. The highest BCUT2D eigenvalue weighted by molar-refractivity contribution is 6.09. The number of hydrogen-bond acceptors (Lipinski definition) is 4. The third kappa shape index (κ3) is 5.59. The predicted octanol–water partition coefficient (Wildman–Crippen LogP) is 4.51. The van der Waals surface area contributed by atoms with Gasteiger partial charge in [-0.1, -0.05) is 42.5 Å². The SMILES string of the molecule is COc1cccc(C(CNC(=O)c2ccccc2NC(=O)c2ccccc2)N2CCCC2)c1. The Bertz CT molecular complexity index is 1090. The molecule has 3 aromatic rings. The molecule has 0 aromatic heterocycles. The summed E-state index contributed by atoms with van der Waals surface area (Å²) in [7, 11) is 1.66. The van der Waals surface area contributed by atoms with Gasteiger partial charge in [-0.05, 0) is 67.9 Å². The Labute approximate surface area is 194 Å². The van der Waals surface area contributed by atoms with Gasteiger partial charge in [0.15, 0.2) is 0 Å². The lowest BCUT2D eigenvalue weighted by atomic mass is 10.0. The quantitative estimate of drug-likeness (QED) is 0.537. The Morgan fingerprint density at radius 2 is 1.64 bits per heavy atom. The molecule has 0 radical (unpaired) electrons. The number of amides is 2. The highest BCUT2D eigenvalue weighted by Gasteiger charge is 2.25. The van der Waals surface area contributed by atoms with E-state index in [9.17, 15) is 9.59 Å². The maximum Gasteiger partial charge on any atom is 0.255 e. The van der Waals surface area contributed by atoms with Gasteiger partial charge >= 0.3 is 0 Å². The summed E-state index contributed by atoms with van der Waals surface area (Å²) in [6, 6.07) is 24.1. The van der Waals surface area contributed by atoms with Gasteiger partial charge in [-0.15, -0.1) is 0 Å². The van der Waals surface area contributed by atoms with Crippen molar-refractivity contribution >= 4 is 17.5 Å². The molecule has 6 heteroatoms. The van der Waals surface area contributed by atoms with Crippen LogP contribution in [0.1, 0.15) is 45.2 Å². The van der Waals surface area contributed by atoms with Gasteiger partial charge < -0.3 is 15.4 Å². The summed E-state index contributed by atoms with van der Waals surface area (Å²) >= 11 is 0. The maximum atomic E-state index is 13.2. The zero-order valence-electron chi connectivity index (χ0n) is 18.8. The molecule has 4 rings (SSSR count). The van der Waals surface area contributed by atoms with Crippen LogP contribution in [0.3, 0.4) is 0 Å². The third-order valence-corrected chi connectivity index (χ3v) is 5.97. The number of carbonyl (C=O) groups excluding carboxylic acids is 2. The minimum atomic E-state index is -0.248. The minimum Gasteiger partial charge on any atom is -0.497 e. The molecular formula is C27H29N3O3. The summed E-state index contributed by atoms with van der Waals surface area (Å²) in [5.41, 5.74) is 2.58. The summed E-state index contributed by atoms with van der Waals surface area (Å²) < 4.78 is 5.41. The molecule has 0 spiro atoms. The number of nitrogens with zero attached hydrogens (tertiary/aromatic N) is 1. The van der Waals surface area contributed by atoms with Crippen LogP contribution in [0, 0.1) is 0 Å². The molecule has 2 amide bonds. The zero-order chi connectivity index (χ0) is 23.0. The van der Waals surface area contributed by atoms with Crippen molar-refractivity contribution in [1.29, 1.82) is 0 Å². The first-order chi connectivity index (χ1) is 16.2. The fraction of sp³-hybridized carbons (Fsp3) is 0.259. The highest BCUT2D eigenvalue weighted by atomic mass is 16.5. The second-order valence-electron chi connectivity index (χ2n) is 8.11. The predicted molar refractivity (Wildman–Crippen MR) is 130 cm³/mol. The molecule has 0 bridgehead atoms. The van der Waals surface area contributed by atoms with Crippen molar-refractivity contribution in [3.05, 3.63) is 95.6 Å². The number of carbonyl (C=O) groups is 2. The van der Waals surface area contributed by atoms with Crippen LogP contribution in [0.5, 0.6) is 5.75 Å². The number of likely N-dealkylation sites (tertiary alicyclic amines) is 1. The molecule has 1 heterocycles. The number of hydrogen-bond donors (Lipinski definition) is 2. The fourth-order valence-corrected chi connectivity index (χ4v) is 4.22. The standard InChI is InChI=1S/C27H29N3O3/c1-33-22-13-9-12-21(18-22)25(30-16-7-8-17-30)19-28-27(32)23-14-5-6-15-24(23)29-26(31)20-10-3-2-4-11-20/h2-6,9-15,18,25H,7-8,16-17,19H2,1H3,(H,28,32)(H,29,31). The molecule has 1 aliphatic heterocycles. The third-order valence-electron chi connectivity index (χ3n) is 5.97. The van der Waals surface area contributed by atoms with Crippen LogP contribution in [0.4, 0.5) is 5.69 Å². The average Bonchev–Trinajstić information content (AvgIpc) is 3.40. The van der Waals surface area contributed by atoms with Gasteiger partial charge in [-0.3, -0.25) is 14.5 Å². The topological polar surface area (TPSA) is 70.7 Å². The molecule has 1 atom stereocenters. The summed E-state index contributed by atoms with van der Waals surface area (Å²) in [6.07, 6.45) is 2.31. The van der Waals surface area contributed by atoms with Gasteiger partial charge in [-0.2, -0.15) is 0 Å². The first-order valence-corrected chi connectivity index (χ1v) is 11.3. The molecule has 1 aliphatic rings. The summed E-state index contributed by atoms with van der Waals surface area (Å²) in [5.74, 6) is 0.338. The van der Waals surface area contributed by atoms with E-state index >= 15 is 0 Å². The summed E-state index contributed by atoms with van der Waals surface area (Å²) in [6.45, 7) is 2.47. The Hall–Kier alpha value is -3.64. The number of para-hydroxylation sites is 1. The number of ether oxygens (including phenoxy) is 1. The van der Waals surface area contributed by atoms with Crippen LogP contribution >= 0.6 is 0 Å². The van der Waals surface area contributed by atoms with Crippen molar-refractivity contribution in [1.82, 2.24) is 10.2 Å². The summed E-state index contributed by atoms with van der Waals surface area (Å²) in [5, 5.41) is 5.96. The average molecular weight is 444 g/mol. The van der Waals surface area contributed by atoms with Gasteiger partial charge in [-0.25, -0.2) is 0 Å². The lowest BCUT2D eigenvalue weighted by Gasteiger charge is -2.28. The lowest BCUT2D eigenvalue weighted by molar-refractivity contribution is 0.0939. The lowest BCUT2D eigenvalue weighted by Crippen LogP contribution is -2.37. The normalized spacial score (nSPS) is 14.5. The molecule has 33 heavy (non-hydrogen) atoms.